The van der Waals surface area contributed by atoms with Gasteiger partial charge in [-0.25, -0.2) is 0 Å². The van der Waals surface area contributed by atoms with E-state index in [1.54, 1.807) is 7.11 Å². The van der Waals surface area contributed by atoms with Crippen LogP contribution in [0.3, 0.4) is 0 Å². The van der Waals surface area contributed by atoms with Crippen LogP contribution in [0.4, 0.5) is 5.69 Å². The molecule has 0 spiro atoms. The van der Waals surface area contributed by atoms with Crippen LogP contribution in [0.5, 0.6) is 5.75 Å². The molecule has 1 aromatic heterocycles. The molecule has 0 atom stereocenters. The lowest BCUT2D eigenvalue weighted by molar-refractivity contribution is 0.415. The minimum atomic E-state index is 0.370. The maximum atomic E-state index is 6.14. The van der Waals surface area contributed by atoms with E-state index in [4.69, 9.17) is 16.3 Å². The van der Waals surface area contributed by atoms with E-state index in [-0.39, 0.29) is 0 Å². The molecule has 0 unspecified atom stereocenters. The molecule has 102 valence electrons. The predicted octanol–water partition coefficient (Wildman–Crippen LogP) is 3.74. The number of benzene rings is 1. The molecule has 0 saturated heterocycles. The molecule has 19 heavy (non-hydrogen) atoms. The van der Waals surface area contributed by atoms with Crippen LogP contribution in [0.1, 0.15) is 25.5 Å². The van der Waals surface area contributed by atoms with Crippen LogP contribution in [-0.2, 0) is 6.54 Å². The lowest BCUT2D eigenvalue weighted by Gasteiger charge is -2.09. The Morgan fingerprint density at radius 2 is 2.21 bits per heavy atom. The van der Waals surface area contributed by atoms with Gasteiger partial charge in [-0.05, 0) is 26.0 Å². The molecule has 1 aromatic carbocycles. The van der Waals surface area contributed by atoms with Gasteiger partial charge in [0.1, 0.15) is 5.75 Å². The summed E-state index contributed by atoms with van der Waals surface area (Å²) in [5.41, 5.74) is 1.98. The SMILES string of the molecule is COc1ccc(Cl)c(NCc2cnn(C(C)C)c2)c1. The zero-order valence-corrected chi connectivity index (χ0v) is 12.1. The third-order valence-corrected chi connectivity index (χ3v) is 3.17. The summed E-state index contributed by atoms with van der Waals surface area (Å²) in [4.78, 5) is 0. The number of methoxy groups -OCH3 is 1. The van der Waals surface area contributed by atoms with Crippen molar-refractivity contribution < 1.29 is 4.74 Å². The normalized spacial score (nSPS) is 10.8. The molecule has 0 aliphatic heterocycles. The molecule has 0 aliphatic rings. The summed E-state index contributed by atoms with van der Waals surface area (Å²) in [6.45, 7) is 4.88. The Kier molecular flexibility index (Phi) is 4.32. The first kappa shape index (κ1) is 13.7. The molecule has 2 aromatic rings. The number of halogens is 1. The van der Waals surface area contributed by atoms with Gasteiger partial charge in [-0.1, -0.05) is 11.6 Å². The largest absolute Gasteiger partial charge is 0.497 e. The second-order valence-electron chi connectivity index (χ2n) is 4.62. The van der Waals surface area contributed by atoms with Crippen molar-refractivity contribution in [2.45, 2.75) is 26.4 Å². The highest BCUT2D eigenvalue weighted by molar-refractivity contribution is 6.33. The van der Waals surface area contributed by atoms with E-state index in [2.05, 4.69) is 24.3 Å². The standard InChI is InChI=1S/C14H18ClN3O/c1-10(2)18-9-11(8-17-18)7-16-14-6-12(19-3)4-5-13(14)15/h4-6,8-10,16H,7H2,1-3H3. The molecule has 0 fully saturated rings. The zero-order chi connectivity index (χ0) is 13.8. The fraction of sp³-hybridized carbons (Fsp3) is 0.357. The summed E-state index contributed by atoms with van der Waals surface area (Å²) >= 11 is 6.14. The Labute approximate surface area is 118 Å². The van der Waals surface area contributed by atoms with Crippen molar-refractivity contribution in [3.05, 3.63) is 41.2 Å². The van der Waals surface area contributed by atoms with Crippen molar-refractivity contribution in [1.29, 1.82) is 0 Å². The second kappa shape index (κ2) is 5.97. The average molecular weight is 280 g/mol. The first-order chi connectivity index (χ1) is 9.10. The molecule has 0 bridgehead atoms. The van der Waals surface area contributed by atoms with Crippen LogP contribution in [0.2, 0.25) is 5.02 Å². The summed E-state index contributed by atoms with van der Waals surface area (Å²) in [6.07, 6.45) is 3.90. The van der Waals surface area contributed by atoms with E-state index in [0.717, 1.165) is 17.0 Å². The molecule has 0 aliphatic carbocycles. The second-order valence-corrected chi connectivity index (χ2v) is 5.03. The van der Waals surface area contributed by atoms with Crippen molar-refractivity contribution in [3.63, 3.8) is 0 Å². The third kappa shape index (κ3) is 3.41. The summed E-state index contributed by atoms with van der Waals surface area (Å²) < 4.78 is 7.12. The Morgan fingerprint density at radius 3 is 2.84 bits per heavy atom. The van der Waals surface area contributed by atoms with Crippen LogP contribution in [-0.4, -0.2) is 16.9 Å². The Bertz CT molecular complexity index is 551. The first-order valence-electron chi connectivity index (χ1n) is 6.20. The topological polar surface area (TPSA) is 39.1 Å². The van der Waals surface area contributed by atoms with E-state index >= 15 is 0 Å². The number of nitrogens with one attached hydrogen (secondary N) is 1. The van der Waals surface area contributed by atoms with Gasteiger partial charge in [0, 0.05) is 30.4 Å². The van der Waals surface area contributed by atoms with Crippen LogP contribution < -0.4 is 10.1 Å². The third-order valence-electron chi connectivity index (χ3n) is 2.84. The number of hydrogen-bond acceptors (Lipinski definition) is 3. The minimum absolute atomic E-state index is 0.370. The van der Waals surface area contributed by atoms with Gasteiger partial charge in [-0.2, -0.15) is 5.10 Å². The maximum absolute atomic E-state index is 6.14. The molecule has 0 radical (unpaired) electrons. The highest BCUT2D eigenvalue weighted by atomic mass is 35.5. The van der Waals surface area contributed by atoms with E-state index in [1.807, 2.05) is 35.3 Å². The average Bonchev–Trinajstić information content (AvgIpc) is 2.87. The van der Waals surface area contributed by atoms with E-state index in [0.29, 0.717) is 17.6 Å². The summed E-state index contributed by atoms with van der Waals surface area (Å²) in [5, 5.41) is 8.27. The van der Waals surface area contributed by atoms with Crippen LogP contribution in [0.15, 0.2) is 30.6 Å². The maximum Gasteiger partial charge on any atom is 0.121 e. The first-order valence-corrected chi connectivity index (χ1v) is 6.58. The highest BCUT2D eigenvalue weighted by Crippen LogP contribution is 2.27. The lowest BCUT2D eigenvalue weighted by atomic mass is 10.2. The Balaban J connectivity index is 2.05. The van der Waals surface area contributed by atoms with Gasteiger partial charge >= 0.3 is 0 Å². The molecule has 4 nitrogen and oxygen atoms in total. The number of rotatable bonds is 5. The monoisotopic (exact) mass is 279 g/mol. The number of ether oxygens (including phenoxy) is 1. The summed E-state index contributed by atoms with van der Waals surface area (Å²) in [5.74, 6) is 0.782. The quantitative estimate of drug-likeness (QED) is 0.906. The highest BCUT2D eigenvalue weighted by Gasteiger charge is 2.05. The van der Waals surface area contributed by atoms with E-state index < -0.39 is 0 Å². The number of anilines is 1. The lowest BCUT2D eigenvalue weighted by Crippen LogP contribution is -2.01. The van der Waals surface area contributed by atoms with Crippen LogP contribution in [0.25, 0.3) is 0 Å². The van der Waals surface area contributed by atoms with E-state index in [9.17, 15) is 0 Å². The Morgan fingerprint density at radius 1 is 1.42 bits per heavy atom. The number of nitrogens with zero attached hydrogens (tertiary/aromatic N) is 2. The fourth-order valence-corrected chi connectivity index (χ4v) is 1.90. The van der Waals surface area contributed by atoms with Gasteiger partial charge < -0.3 is 10.1 Å². The molecular weight excluding hydrogens is 262 g/mol. The zero-order valence-electron chi connectivity index (χ0n) is 11.4. The van der Waals surface area contributed by atoms with Crippen molar-refractivity contribution in [2.24, 2.45) is 0 Å². The molecular formula is C14H18ClN3O. The Hall–Kier alpha value is -1.68. The van der Waals surface area contributed by atoms with Gasteiger partial charge in [0.2, 0.25) is 0 Å². The molecule has 0 saturated carbocycles. The molecule has 0 amide bonds. The van der Waals surface area contributed by atoms with Crippen molar-refractivity contribution in [1.82, 2.24) is 9.78 Å². The fourth-order valence-electron chi connectivity index (χ4n) is 1.72. The predicted molar refractivity (Wildman–Crippen MR) is 77.9 cm³/mol. The molecule has 5 heteroatoms. The minimum Gasteiger partial charge on any atom is -0.497 e. The van der Waals surface area contributed by atoms with Crippen molar-refractivity contribution in [2.75, 3.05) is 12.4 Å². The van der Waals surface area contributed by atoms with Gasteiger partial charge in [0.25, 0.3) is 0 Å². The summed E-state index contributed by atoms with van der Waals surface area (Å²) in [7, 11) is 1.64. The van der Waals surface area contributed by atoms with Gasteiger partial charge in [0.15, 0.2) is 0 Å². The van der Waals surface area contributed by atoms with Gasteiger partial charge in [0.05, 0.1) is 24.0 Å². The van der Waals surface area contributed by atoms with Gasteiger partial charge in [-0.3, -0.25) is 4.68 Å². The van der Waals surface area contributed by atoms with Crippen LogP contribution >= 0.6 is 11.6 Å². The summed E-state index contributed by atoms with van der Waals surface area (Å²) in [6, 6.07) is 5.91. The number of hydrogen-bond donors (Lipinski definition) is 1. The van der Waals surface area contributed by atoms with Crippen LogP contribution in [0, 0.1) is 0 Å². The molecule has 1 heterocycles. The molecule has 2 rings (SSSR count). The van der Waals surface area contributed by atoms with Crippen molar-refractivity contribution >= 4 is 17.3 Å². The van der Waals surface area contributed by atoms with E-state index in [1.165, 1.54) is 0 Å². The van der Waals surface area contributed by atoms with Crippen molar-refractivity contribution in [3.8, 4) is 5.75 Å². The molecule has 1 N–H and O–H groups in total. The number of aromatic nitrogens is 2. The van der Waals surface area contributed by atoms with Gasteiger partial charge in [-0.15, -0.1) is 0 Å². The smallest absolute Gasteiger partial charge is 0.121 e.